The number of hydrogen-bond donors (Lipinski definition) is 0. The maximum absolute atomic E-state index is 6.23. The molecule has 0 radical (unpaired) electrons. The molecule has 0 aliphatic carbocycles. The highest BCUT2D eigenvalue weighted by atomic mass is 16.5. The monoisotopic (exact) mass is 338 g/mol. The summed E-state index contributed by atoms with van der Waals surface area (Å²) in [4.78, 5) is 0. The lowest BCUT2D eigenvalue weighted by molar-refractivity contribution is 0.474. The van der Waals surface area contributed by atoms with Gasteiger partial charge in [-0.2, -0.15) is 0 Å². The molecular weight excluding hydrogens is 304 g/mol. The van der Waals surface area contributed by atoms with Crippen LogP contribution < -0.4 is 4.74 Å². The van der Waals surface area contributed by atoms with Gasteiger partial charge in [-0.15, -0.1) is 0 Å². The predicted molar refractivity (Wildman–Crippen MR) is 109 cm³/mol. The zero-order chi connectivity index (χ0) is 18.4. The van der Waals surface area contributed by atoms with E-state index in [1.165, 1.54) is 47.9 Å². The van der Waals surface area contributed by atoms with Gasteiger partial charge in [0, 0.05) is 0 Å². The molecule has 0 saturated heterocycles. The van der Waals surface area contributed by atoms with E-state index in [2.05, 4.69) is 77.9 Å². The maximum Gasteiger partial charge on any atom is 0.130 e. The van der Waals surface area contributed by atoms with Gasteiger partial charge in [-0.05, 0) is 72.9 Å². The first-order valence-electron chi connectivity index (χ1n) is 9.85. The molecule has 0 bridgehead atoms. The summed E-state index contributed by atoms with van der Waals surface area (Å²) < 4.78 is 6.23. The average molecular weight is 339 g/mol. The zero-order valence-electron chi connectivity index (χ0n) is 16.9. The van der Waals surface area contributed by atoms with Crippen molar-refractivity contribution in [3.8, 4) is 11.5 Å². The van der Waals surface area contributed by atoms with E-state index in [1.807, 2.05) is 0 Å². The van der Waals surface area contributed by atoms with E-state index in [0.717, 1.165) is 11.5 Å². The Morgan fingerprint density at radius 3 is 1.44 bits per heavy atom. The normalized spacial score (nSPS) is 13.5. The highest BCUT2D eigenvalue weighted by Crippen LogP contribution is 2.32. The van der Waals surface area contributed by atoms with Crippen molar-refractivity contribution in [2.45, 2.75) is 79.1 Å². The molecule has 0 unspecified atom stereocenters. The summed E-state index contributed by atoms with van der Waals surface area (Å²) in [6, 6.07) is 13.3. The fourth-order valence-electron chi connectivity index (χ4n) is 3.51. The zero-order valence-corrected chi connectivity index (χ0v) is 16.9. The maximum atomic E-state index is 6.23. The molecule has 0 spiro atoms. The van der Waals surface area contributed by atoms with Crippen molar-refractivity contribution < 1.29 is 4.74 Å². The molecule has 0 heterocycles. The third kappa shape index (κ3) is 5.11. The molecule has 2 aromatic carbocycles. The van der Waals surface area contributed by atoms with Crippen LogP contribution in [0.15, 0.2) is 36.4 Å². The lowest BCUT2D eigenvalue weighted by Crippen LogP contribution is -1.97. The number of aryl methyl sites for hydroxylation is 2. The van der Waals surface area contributed by atoms with Crippen LogP contribution in [0.4, 0.5) is 0 Å². The van der Waals surface area contributed by atoms with E-state index in [-0.39, 0.29) is 0 Å². The third-order valence-electron chi connectivity index (χ3n) is 5.20. The van der Waals surface area contributed by atoms with Crippen LogP contribution in [0.25, 0.3) is 0 Å². The summed E-state index contributed by atoms with van der Waals surface area (Å²) in [6.45, 7) is 13.4. The SMILES string of the molecule is CCC[C@@H](C)c1ccc(Oc2ccc([C@@H](C)CCC)cc2C)c(C)c1. The second kappa shape index (κ2) is 9.08. The molecule has 0 aliphatic rings. The molecule has 1 nitrogen and oxygen atoms in total. The molecule has 1 heteroatoms. The summed E-state index contributed by atoms with van der Waals surface area (Å²) >= 11 is 0. The third-order valence-corrected chi connectivity index (χ3v) is 5.20. The minimum absolute atomic E-state index is 0.610. The molecule has 25 heavy (non-hydrogen) atoms. The van der Waals surface area contributed by atoms with Gasteiger partial charge in [-0.3, -0.25) is 0 Å². The number of benzene rings is 2. The Labute approximate surface area is 154 Å². The number of hydrogen-bond acceptors (Lipinski definition) is 1. The second-order valence-electron chi connectivity index (χ2n) is 7.53. The molecule has 0 N–H and O–H groups in total. The standard InChI is InChI=1S/C24H34O/c1-7-9-17(3)21-11-13-23(19(5)15-21)25-24-14-12-22(16-20(24)6)18(4)10-8-2/h11-18H,7-10H2,1-6H3/t17-,18+. The van der Waals surface area contributed by atoms with Crippen molar-refractivity contribution in [2.75, 3.05) is 0 Å². The minimum atomic E-state index is 0.610. The van der Waals surface area contributed by atoms with Gasteiger partial charge in [0.1, 0.15) is 11.5 Å². The smallest absolute Gasteiger partial charge is 0.130 e. The van der Waals surface area contributed by atoms with Crippen molar-refractivity contribution in [1.82, 2.24) is 0 Å². The number of ether oxygens (including phenoxy) is 1. The Balaban J connectivity index is 2.16. The lowest BCUT2D eigenvalue weighted by Gasteiger charge is -2.17. The van der Waals surface area contributed by atoms with E-state index in [0.29, 0.717) is 11.8 Å². The quantitative estimate of drug-likeness (QED) is 0.475. The molecule has 136 valence electrons. The lowest BCUT2D eigenvalue weighted by atomic mass is 9.94. The van der Waals surface area contributed by atoms with Crippen molar-refractivity contribution in [3.63, 3.8) is 0 Å². The van der Waals surface area contributed by atoms with Gasteiger partial charge in [-0.1, -0.05) is 64.8 Å². The molecule has 2 atom stereocenters. The van der Waals surface area contributed by atoms with Gasteiger partial charge in [0.15, 0.2) is 0 Å². The van der Waals surface area contributed by atoms with Gasteiger partial charge >= 0.3 is 0 Å². The highest BCUT2D eigenvalue weighted by Gasteiger charge is 2.11. The van der Waals surface area contributed by atoms with Crippen molar-refractivity contribution in [2.24, 2.45) is 0 Å². The van der Waals surface area contributed by atoms with E-state index >= 15 is 0 Å². The summed E-state index contributed by atoms with van der Waals surface area (Å²) in [5.41, 5.74) is 5.24. The number of rotatable bonds is 8. The van der Waals surface area contributed by atoms with Crippen LogP contribution in [0.5, 0.6) is 11.5 Å². The topological polar surface area (TPSA) is 9.23 Å². The van der Waals surface area contributed by atoms with Gasteiger partial charge in [-0.25, -0.2) is 0 Å². The Bertz CT molecular complexity index is 627. The van der Waals surface area contributed by atoms with Crippen LogP contribution >= 0.6 is 0 Å². The van der Waals surface area contributed by atoms with Crippen molar-refractivity contribution >= 4 is 0 Å². The van der Waals surface area contributed by atoms with Gasteiger partial charge in [0.25, 0.3) is 0 Å². The van der Waals surface area contributed by atoms with Crippen LogP contribution in [0, 0.1) is 13.8 Å². The van der Waals surface area contributed by atoms with Crippen LogP contribution in [-0.2, 0) is 0 Å². The molecule has 2 aromatic rings. The van der Waals surface area contributed by atoms with E-state index < -0.39 is 0 Å². The Morgan fingerprint density at radius 2 is 1.12 bits per heavy atom. The van der Waals surface area contributed by atoms with Gasteiger partial charge in [0.05, 0.1) is 0 Å². The van der Waals surface area contributed by atoms with Crippen molar-refractivity contribution in [3.05, 3.63) is 58.7 Å². The Hall–Kier alpha value is -1.76. The van der Waals surface area contributed by atoms with Crippen molar-refractivity contribution in [1.29, 1.82) is 0 Å². The highest BCUT2D eigenvalue weighted by molar-refractivity contribution is 5.44. The molecule has 0 saturated carbocycles. The van der Waals surface area contributed by atoms with Gasteiger partial charge < -0.3 is 4.74 Å². The van der Waals surface area contributed by atoms with Crippen LogP contribution in [0.2, 0.25) is 0 Å². The van der Waals surface area contributed by atoms with E-state index in [9.17, 15) is 0 Å². The van der Waals surface area contributed by atoms with Gasteiger partial charge in [0.2, 0.25) is 0 Å². The molecular formula is C24H34O. The van der Waals surface area contributed by atoms with Crippen LogP contribution in [0.1, 0.15) is 87.5 Å². The summed E-state index contributed by atoms with van der Waals surface area (Å²) in [6.07, 6.45) is 4.91. The second-order valence-corrected chi connectivity index (χ2v) is 7.53. The molecule has 0 amide bonds. The summed E-state index contributed by atoms with van der Waals surface area (Å²) in [5.74, 6) is 3.15. The molecule has 0 aliphatic heterocycles. The van der Waals surface area contributed by atoms with E-state index in [1.54, 1.807) is 0 Å². The van der Waals surface area contributed by atoms with E-state index in [4.69, 9.17) is 4.74 Å². The molecule has 0 fully saturated rings. The summed E-state index contributed by atoms with van der Waals surface area (Å²) in [5, 5.41) is 0. The fraction of sp³-hybridized carbons (Fsp3) is 0.500. The minimum Gasteiger partial charge on any atom is -0.457 e. The first-order valence-corrected chi connectivity index (χ1v) is 9.85. The summed E-state index contributed by atoms with van der Waals surface area (Å²) in [7, 11) is 0. The predicted octanol–water partition coefficient (Wildman–Crippen LogP) is 7.90. The first kappa shape index (κ1) is 19.6. The molecule has 0 aromatic heterocycles. The fourth-order valence-corrected chi connectivity index (χ4v) is 3.51. The Morgan fingerprint density at radius 1 is 0.720 bits per heavy atom. The van der Waals surface area contributed by atoms with Crippen LogP contribution in [-0.4, -0.2) is 0 Å². The Kier molecular flexibility index (Phi) is 7.11. The largest absolute Gasteiger partial charge is 0.457 e. The molecule has 2 rings (SSSR count). The average Bonchev–Trinajstić information content (AvgIpc) is 2.58. The first-order chi connectivity index (χ1) is 12.0. The van der Waals surface area contributed by atoms with Crippen LogP contribution in [0.3, 0.4) is 0 Å².